The Labute approximate surface area is 130 Å². The van der Waals surface area contributed by atoms with Crippen molar-refractivity contribution >= 4 is 34.4 Å². The number of nitrogens with two attached hydrogens (primary N) is 1. The number of hydrogen-bond donors (Lipinski definition) is 3. The molecule has 0 radical (unpaired) electrons. The summed E-state index contributed by atoms with van der Waals surface area (Å²) in [7, 11) is 0. The minimum atomic E-state index is -1.28. The first-order valence-electron chi connectivity index (χ1n) is 6.93. The van der Waals surface area contributed by atoms with Gasteiger partial charge in [-0.3, -0.25) is 4.79 Å². The van der Waals surface area contributed by atoms with Gasteiger partial charge in [-0.1, -0.05) is 11.6 Å². The van der Waals surface area contributed by atoms with Gasteiger partial charge >= 0.3 is 5.97 Å². The lowest BCUT2D eigenvalue weighted by molar-refractivity contribution is 0.0695. The predicted molar refractivity (Wildman–Crippen MR) is 83.8 cm³/mol. The van der Waals surface area contributed by atoms with E-state index in [-0.39, 0.29) is 17.0 Å². The first-order valence-corrected chi connectivity index (χ1v) is 7.31. The molecule has 1 saturated heterocycles. The molecule has 0 bridgehead atoms. The first kappa shape index (κ1) is 14.8. The van der Waals surface area contributed by atoms with E-state index < -0.39 is 11.4 Å². The number of carboxylic acid groups (broad SMARTS) is 1. The number of carboxylic acids is 1. The molecule has 3 heterocycles. The number of aromatic nitrogens is 2. The molecule has 2 aromatic rings. The predicted octanol–water partition coefficient (Wildman–Crippen LogP) is 1.20. The van der Waals surface area contributed by atoms with Crippen LogP contribution in [0.4, 0.5) is 5.82 Å². The van der Waals surface area contributed by atoms with E-state index in [0.717, 1.165) is 32.1 Å². The van der Waals surface area contributed by atoms with Crippen LogP contribution in [0, 0.1) is 0 Å². The second-order valence-corrected chi connectivity index (χ2v) is 5.76. The number of nitrogens with one attached hydrogen (secondary N) is 1. The maximum atomic E-state index is 12.1. The third kappa shape index (κ3) is 2.53. The normalized spacial score (nSPS) is 16.2. The molecule has 8 heteroatoms. The number of fused-ring (bicyclic) bond motifs is 1. The Hall–Kier alpha value is -2.12. The number of anilines is 1. The number of aromatic carboxylic acids is 1. The number of hydrogen-bond acceptors (Lipinski definition) is 5. The first-order chi connectivity index (χ1) is 10.5. The molecule has 0 unspecified atom stereocenters. The number of carbonyl (C=O) groups is 1. The van der Waals surface area contributed by atoms with E-state index in [1.807, 2.05) is 4.90 Å². The minimum absolute atomic E-state index is 0.169. The van der Waals surface area contributed by atoms with Crippen molar-refractivity contribution in [1.29, 1.82) is 0 Å². The molecule has 116 valence electrons. The molecule has 0 atom stereocenters. The lowest BCUT2D eigenvalue weighted by atomic mass is 10.1. The molecular weight excluding hydrogens is 308 g/mol. The van der Waals surface area contributed by atoms with Crippen LogP contribution in [0.2, 0.25) is 5.02 Å². The Morgan fingerprint density at radius 2 is 2.14 bits per heavy atom. The highest BCUT2D eigenvalue weighted by atomic mass is 35.5. The van der Waals surface area contributed by atoms with Crippen molar-refractivity contribution in [2.75, 3.05) is 18.0 Å². The van der Waals surface area contributed by atoms with Crippen molar-refractivity contribution in [2.45, 2.75) is 18.9 Å². The molecule has 0 spiro atoms. The van der Waals surface area contributed by atoms with Crippen molar-refractivity contribution in [3.8, 4) is 0 Å². The van der Waals surface area contributed by atoms with E-state index in [4.69, 9.17) is 22.4 Å². The van der Waals surface area contributed by atoms with E-state index in [1.54, 1.807) is 0 Å². The van der Waals surface area contributed by atoms with Gasteiger partial charge in [0.05, 0.1) is 10.4 Å². The summed E-state index contributed by atoms with van der Waals surface area (Å²) in [5.74, 6) is -0.701. The zero-order chi connectivity index (χ0) is 15.9. The Morgan fingerprint density at radius 1 is 1.45 bits per heavy atom. The average molecular weight is 323 g/mol. The molecule has 1 fully saturated rings. The quantitative estimate of drug-likeness (QED) is 0.766. The van der Waals surface area contributed by atoms with Crippen LogP contribution in [-0.2, 0) is 0 Å². The molecule has 0 aromatic carbocycles. The van der Waals surface area contributed by atoms with Gasteiger partial charge in [-0.15, -0.1) is 0 Å². The molecule has 1 aliphatic rings. The van der Waals surface area contributed by atoms with Gasteiger partial charge < -0.3 is 20.7 Å². The standard InChI is InChI=1S/C14H15ClN4O3/c15-10-5-8-11(20)9(14(21)22)6-17-12(8)18-13(10)19-3-1-7(16)2-4-19/h5-7H,1-4,16H2,(H,21,22)(H,17,18,20). The summed E-state index contributed by atoms with van der Waals surface area (Å²) in [6.45, 7) is 1.49. The van der Waals surface area contributed by atoms with Crippen molar-refractivity contribution in [3.63, 3.8) is 0 Å². The van der Waals surface area contributed by atoms with Gasteiger partial charge in [-0.05, 0) is 18.9 Å². The Bertz CT molecular complexity index is 797. The Kier molecular flexibility index (Phi) is 3.76. The Balaban J connectivity index is 2.08. The number of halogens is 1. The number of nitrogens with zero attached hydrogens (tertiary/aromatic N) is 2. The zero-order valence-electron chi connectivity index (χ0n) is 11.7. The summed E-state index contributed by atoms with van der Waals surface area (Å²) >= 11 is 6.24. The lowest BCUT2D eigenvalue weighted by Gasteiger charge is -2.31. The Morgan fingerprint density at radius 3 is 2.77 bits per heavy atom. The molecular formula is C14H15ClN4O3. The fourth-order valence-corrected chi connectivity index (χ4v) is 2.88. The van der Waals surface area contributed by atoms with Gasteiger partial charge in [0.1, 0.15) is 17.0 Å². The van der Waals surface area contributed by atoms with Crippen molar-refractivity contribution in [1.82, 2.24) is 9.97 Å². The summed E-state index contributed by atoms with van der Waals surface area (Å²) < 4.78 is 0. The third-order valence-electron chi connectivity index (χ3n) is 3.87. The largest absolute Gasteiger partial charge is 0.477 e. The molecule has 22 heavy (non-hydrogen) atoms. The molecule has 0 aliphatic carbocycles. The van der Waals surface area contributed by atoms with Crippen LogP contribution >= 0.6 is 11.6 Å². The maximum Gasteiger partial charge on any atom is 0.341 e. The van der Waals surface area contributed by atoms with E-state index >= 15 is 0 Å². The van der Waals surface area contributed by atoms with E-state index in [0.29, 0.717) is 16.5 Å². The summed E-state index contributed by atoms with van der Waals surface area (Å²) in [6.07, 6.45) is 2.86. The number of H-pyrrole nitrogens is 1. The summed E-state index contributed by atoms with van der Waals surface area (Å²) in [4.78, 5) is 32.3. The second-order valence-electron chi connectivity index (χ2n) is 5.35. The SMILES string of the molecule is NC1CCN(c2nc3[nH]cc(C(=O)O)c(=O)c3cc2Cl)CC1. The van der Waals surface area contributed by atoms with Gasteiger partial charge in [-0.25, -0.2) is 9.78 Å². The van der Waals surface area contributed by atoms with Gasteiger partial charge in [0.2, 0.25) is 5.43 Å². The fourth-order valence-electron chi connectivity index (χ4n) is 2.61. The van der Waals surface area contributed by atoms with Crippen LogP contribution in [0.5, 0.6) is 0 Å². The fraction of sp³-hybridized carbons (Fsp3) is 0.357. The summed E-state index contributed by atoms with van der Waals surface area (Å²) in [6, 6.07) is 1.66. The monoisotopic (exact) mass is 322 g/mol. The summed E-state index contributed by atoms with van der Waals surface area (Å²) in [5, 5.41) is 9.48. The van der Waals surface area contributed by atoms with Crippen LogP contribution in [0.25, 0.3) is 11.0 Å². The molecule has 3 rings (SSSR count). The average Bonchev–Trinajstić information content (AvgIpc) is 2.48. The van der Waals surface area contributed by atoms with Crippen LogP contribution in [0.15, 0.2) is 17.1 Å². The molecule has 4 N–H and O–H groups in total. The lowest BCUT2D eigenvalue weighted by Crippen LogP contribution is -2.40. The summed E-state index contributed by atoms with van der Waals surface area (Å²) in [5.41, 5.74) is 5.28. The number of pyridine rings is 2. The smallest absolute Gasteiger partial charge is 0.341 e. The molecule has 0 saturated carbocycles. The van der Waals surface area contributed by atoms with Crippen LogP contribution in [-0.4, -0.2) is 40.2 Å². The van der Waals surface area contributed by atoms with Gasteiger partial charge in [0, 0.05) is 25.3 Å². The highest BCUT2D eigenvalue weighted by Gasteiger charge is 2.21. The second kappa shape index (κ2) is 5.58. The zero-order valence-corrected chi connectivity index (χ0v) is 12.4. The highest BCUT2D eigenvalue weighted by molar-refractivity contribution is 6.33. The molecule has 2 aromatic heterocycles. The number of piperidine rings is 1. The van der Waals surface area contributed by atoms with Crippen LogP contribution in [0.1, 0.15) is 23.2 Å². The minimum Gasteiger partial charge on any atom is -0.477 e. The number of rotatable bonds is 2. The van der Waals surface area contributed by atoms with Crippen LogP contribution < -0.4 is 16.1 Å². The molecule has 7 nitrogen and oxygen atoms in total. The number of aromatic amines is 1. The van der Waals surface area contributed by atoms with E-state index in [9.17, 15) is 9.59 Å². The third-order valence-corrected chi connectivity index (χ3v) is 4.15. The topological polar surface area (TPSA) is 112 Å². The van der Waals surface area contributed by atoms with Crippen molar-refractivity contribution in [2.24, 2.45) is 5.73 Å². The molecule has 1 aliphatic heterocycles. The van der Waals surface area contributed by atoms with Crippen molar-refractivity contribution < 1.29 is 9.90 Å². The molecule has 0 amide bonds. The van der Waals surface area contributed by atoms with Gasteiger partial charge in [0.15, 0.2) is 0 Å². The van der Waals surface area contributed by atoms with E-state index in [1.165, 1.54) is 6.07 Å². The van der Waals surface area contributed by atoms with Crippen molar-refractivity contribution in [3.05, 3.63) is 33.1 Å². The maximum absolute atomic E-state index is 12.1. The van der Waals surface area contributed by atoms with Gasteiger partial charge in [-0.2, -0.15) is 0 Å². The van der Waals surface area contributed by atoms with Crippen LogP contribution in [0.3, 0.4) is 0 Å². The van der Waals surface area contributed by atoms with E-state index in [2.05, 4.69) is 9.97 Å². The highest BCUT2D eigenvalue weighted by Crippen LogP contribution is 2.28. The van der Waals surface area contributed by atoms with Gasteiger partial charge in [0.25, 0.3) is 0 Å².